The van der Waals surface area contributed by atoms with Crippen molar-refractivity contribution in [2.75, 3.05) is 0 Å². The Bertz CT molecular complexity index is 324. The predicted molar refractivity (Wildman–Crippen MR) is 68.2 cm³/mol. The Morgan fingerprint density at radius 1 is 1.46 bits per heavy atom. The molecule has 1 aliphatic rings. The van der Waals surface area contributed by atoms with Crippen LogP contribution in [0.3, 0.4) is 0 Å². The summed E-state index contributed by atoms with van der Waals surface area (Å²) in [4.78, 5) is 0. The van der Waals surface area contributed by atoms with Crippen LogP contribution in [0.1, 0.15) is 20.8 Å². The number of allylic oxidation sites excluding steroid dienone is 5. The average molecular weight is 355 g/mol. The highest BCUT2D eigenvalue weighted by Crippen LogP contribution is 2.39. The quantitative estimate of drug-likeness (QED) is 0.637. The Hall–Kier alpha value is 0.230. The lowest BCUT2D eigenvalue weighted by atomic mass is 9.92. The molecule has 1 aliphatic carbocycles. The normalized spacial score (nSPS) is 22.2. The van der Waals surface area contributed by atoms with E-state index in [0.29, 0.717) is 5.76 Å². The lowest BCUT2D eigenvalue weighted by Gasteiger charge is -2.18. The fourth-order valence-corrected chi connectivity index (χ4v) is 1.88. The fraction of sp³-hybridized carbons (Fsp3) is 0.400. The largest absolute Gasteiger partial charge is 0.507 e. The summed E-state index contributed by atoms with van der Waals surface area (Å²) in [6.45, 7) is 6.12. The van der Waals surface area contributed by atoms with Crippen LogP contribution in [0.2, 0.25) is 0 Å². The van der Waals surface area contributed by atoms with Crippen molar-refractivity contribution >= 4 is 38.5 Å². The van der Waals surface area contributed by atoms with Crippen molar-refractivity contribution in [2.24, 2.45) is 5.41 Å². The number of rotatable bonds is 0. The van der Waals surface area contributed by atoms with Gasteiger partial charge in [-0.15, -0.1) is 0 Å². The zero-order valence-electron chi connectivity index (χ0n) is 7.86. The minimum absolute atomic E-state index is 0.127. The minimum Gasteiger partial charge on any atom is -0.507 e. The third-order valence-electron chi connectivity index (χ3n) is 2.03. The van der Waals surface area contributed by atoms with Gasteiger partial charge in [0.25, 0.3) is 0 Å². The number of hydrogen-bond donors (Lipinski definition) is 1. The maximum atomic E-state index is 9.72. The predicted octanol–water partition coefficient (Wildman–Crippen LogP) is 4.46. The van der Waals surface area contributed by atoms with E-state index in [1.807, 2.05) is 13.0 Å². The van der Waals surface area contributed by atoms with Crippen LogP contribution in [0, 0.1) is 5.41 Å². The van der Waals surface area contributed by atoms with Gasteiger partial charge in [0.05, 0.1) is 3.58 Å². The highest BCUT2D eigenvalue weighted by molar-refractivity contribution is 14.1. The summed E-state index contributed by atoms with van der Waals surface area (Å²) in [5.74, 6) is 0.369. The van der Waals surface area contributed by atoms with Crippen LogP contribution >= 0.6 is 38.5 Å². The molecular weight excluding hydrogens is 343 g/mol. The smallest absolute Gasteiger partial charge is 0.126 e. The molecule has 13 heavy (non-hydrogen) atoms. The monoisotopic (exact) mass is 354 g/mol. The van der Waals surface area contributed by atoms with Gasteiger partial charge in [-0.2, -0.15) is 0 Å². The highest BCUT2D eigenvalue weighted by Gasteiger charge is 2.23. The summed E-state index contributed by atoms with van der Waals surface area (Å²) in [7, 11) is 0. The SMILES string of the molecule is CC1=C(I)C(O)=CC(C)(C)C(Br)=C1. The van der Waals surface area contributed by atoms with Gasteiger partial charge in [0.1, 0.15) is 5.76 Å². The van der Waals surface area contributed by atoms with Gasteiger partial charge < -0.3 is 5.11 Å². The standard InChI is InChI=1S/C10H12BrIO/c1-6-4-8(11)10(2,3)5-7(13)9(6)12/h4-5,13H,1-3H3. The van der Waals surface area contributed by atoms with Crippen LogP contribution in [0.4, 0.5) is 0 Å². The van der Waals surface area contributed by atoms with Crippen LogP contribution in [0.5, 0.6) is 0 Å². The molecule has 3 heteroatoms. The zero-order valence-corrected chi connectivity index (χ0v) is 11.6. The summed E-state index contributed by atoms with van der Waals surface area (Å²) in [5.41, 5.74) is 0.963. The van der Waals surface area contributed by atoms with E-state index in [2.05, 4.69) is 58.4 Å². The highest BCUT2D eigenvalue weighted by atomic mass is 127. The molecule has 0 bridgehead atoms. The molecule has 0 aliphatic heterocycles. The van der Waals surface area contributed by atoms with E-state index in [-0.39, 0.29) is 5.41 Å². The van der Waals surface area contributed by atoms with Gasteiger partial charge in [-0.25, -0.2) is 0 Å². The summed E-state index contributed by atoms with van der Waals surface area (Å²) in [5, 5.41) is 9.72. The lowest BCUT2D eigenvalue weighted by Crippen LogP contribution is -2.07. The zero-order chi connectivity index (χ0) is 10.2. The molecule has 1 nitrogen and oxygen atoms in total. The average Bonchev–Trinajstić information content (AvgIpc) is 2.05. The molecule has 0 aromatic heterocycles. The molecule has 0 saturated carbocycles. The molecule has 0 aromatic rings. The van der Waals surface area contributed by atoms with Gasteiger partial charge >= 0.3 is 0 Å². The van der Waals surface area contributed by atoms with E-state index < -0.39 is 0 Å². The Kier molecular flexibility index (Phi) is 3.28. The third kappa shape index (κ3) is 2.37. The van der Waals surface area contributed by atoms with E-state index in [1.165, 1.54) is 0 Å². The van der Waals surface area contributed by atoms with E-state index >= 15 is 0 Å². The van der Waals surface area contributed by atoms with Crippen LogP contribution in [0.15, 0.2) is 31.5 Å². The molecule has 0 fully saturated rings. The number of aliphatic hydroxyl groups excluding tert-OH is 1. The molecule has 0 unspecified atom stereocenters. The van der Waals surface area contributed by atoms with Gasteiger partial charge in [0.2, 0.25) is 0 Å². The first-order valence-corrected chi connectivity index (χ1v) is 5.88. The number of aliphatic hydroxyl groups is 1. The first kappa shape index (κ1) is 11.3. The Morgan fingerprint density at radius 3 is 2.54 bits per heavy atom. The van der Waals surface area contributed by atoms with E-state index in [1.54, 1.807) is 0 Å². The molecule has 0 aromatic carbocycles. The molecular formula is C10H12BrIO. The van der Waals surface area contributed by atoms with Gasteiger partial charge in [-0.1, -0.05) is 29.8 Å². The molecule has 1 N–H and O–H groups in total. The fourth-order valence-electron chi connectivity index (χ4n) is 1.12. The van der Waals surface area contributed by atoms with Crippen molar-refractivity contribution in [3.05, 3.63) is 31.5 Å². The Balaban J connectivity index is 3.30. The van der Waals surface area contributed by atoms with Gasteiger partial charge in [-0.3, -0.25) is 0 Å². The van der Waals surface area contributed by atoms with E-state index in [9.17, 15) is 5.11 Å². The van der Waals surface area contributed by atoms with Gasteiger partial charge in [0.15, 0.2) is 0 Å². The first-order chi connectivity index (χ1) is 5.84. The number of hydrogen-bond acceptors (Lipinski definition) is 1. The molecule has 72 valence electrons. The van der Waals surface area contributed by atoms with Crippen LogP contribution in [0.25, 0.3) is 0 Å². The molecule has 0 atom stereocenters. The molecule has 0 radical (unpaired) electrons. The summed E-state index contributed by atoms with van der Waals surface area (Å²) in [6, 6.07) is 0. The third-order valence-corrected chi connectivity index (χ3v) is 4.68. The summed E-state index contributed by atoms with van der Waals surface area (Å²) >= 11 is 5.68. The summed E-state index contributed by atoms with van der Waals surface area (Å²) in [6.07, 6.45) is 3.92. The van der Waals surface area contributed by atoms with Crippen molar-refractivity contribution in [3.63, 3.8) is 0 Å². The molecule has 1 rings (SSSR count). The molecule has 0 spiro atoms. The van der Waals surface area contributed by atoms with Crippen LogP contribution in [-0.4, -0.2) is 5.11 Å². The molecule has 0 amide bonds. The second-order valence-corrected chi connectivity index (χ2v) is 5.67. The van der Waals surface area contributed by atoms with E-state index in [4.69, 9.17) is 0 Å². The number of halogens is 2. The summed E-state index contributed by atoms with van der Waals surface area (Å²) < 4.78 is 2.01. The molecule has 0 saturated heterocycles. The molecule has 0 heterocycles. The van der Waals surface area contributed by atoms with Gasteiger partial charge in [0, 0.05) is 9.90 Å². The van der Waals surface area contributed by atoms with E-state index in [0.717, 1.165) is 13.6 Å². The topological polar surface area (TPSA) is 20.2 Å². The van der Waals surface area contributed by atoms with Crippen LogP contribution in [-0.2, 0) is 0 Å². The van der Waals surface area contributed by atoms with Crippen LogP contribution < -0.4 is 0 Å². The van der Waals surface area contributed by atoms with Crippen molar-refractivity contribution < 1.29 is 5.11 Å². The first-order valence-electron chi connectivity index (χ1n) is 4.01. The lowest BCUT2D eigenvalue weighted by molar-refractivity contribution is 0.417. The van der Waals surface area contributed by atoms with Crippen molar-refractivity contribution in [2.45, 2.75) is 20.8 Å². The maximum Gasteiger partial charge on any atom is 0.126 e. The second-order valence-electron chi connectivity index (χ2n) is 3.74. The van der Waals surface area contributed by atoms with Crippen molar-refractivity contribution in [1.29, 1.82) is 0 Å². The maximum absolute atomic E-state index is 9.72. The Labute approximate surface area is 101 Å². The Morgan fingerprint density at radius 2 is 2.00 bits per heavy atom. The second kappa shape index (κ2) is 3.77. The minimum atomic E-state index is -0.127. The van der Waals surface area contributed by atoms with Gasteiger partial charge in [-0.05, 0) is 47.2 Å². The van der Waals surface area contributed by atoms with Crippen molar-refractivity contribution in [1.82, 2.24) is 0 Å². The van der Waals surface area contributed by atoms with Crippen molar-refractivity contribution in [3.8, 4) is 0 Å².